The largest absolute Gasteiger partial charge is 0.456 e. The molecule has 0 aliphatic carbocycles. The van der Waals surface area contributed by atoms with Crippen LogP contribution in [-0.4, -0.2) is 14.8 Å². The lowest BCUT2D eigenvalue weighted by Gasteiger charge is -2.30. The van der Waals surface area contributed by atoms with Crippen molar-refractivity contribution in [3.05, 3.63) is 212 Å². The van der Waals surface area contributed by atoms with Gasteiger partial charge in [-0.3, -0.25) is 0 Å². The number of nitrogens with zero attached hydrogens (tertiary/aromatic N) is 1. The lowest BCUT2D eigenvalue weighted by molar-refractivity contribution is 0.487. The first-order chi connectivity index (χ1) is 29.9. The molecule has 0 radical (unpaired) electrons. The van der Waals surface area contributed by atoms with E-state index in [2.05, 4.69) is 237 Å². The van der Waals surface area contributed by atoms with Crippen LogP contribution in [0.1, 0.15) is 0 Å². The molecule has 0 saturated carbocycles. The zero-order valence-electron chi connectivity index (χ0n) is 34.6. The van der Waals surface area contributed by atoms with E-state index in [0.717, 1.165) is 39.5 Å². The van der Waals surface area contributed by atoms with Gasteiger partial charge < -0.3 is 9.64 Å². The van der Waals surface area contributed by atoms with Gasteiger partial charge in [-0.1, -0.05) is 211 Å². The minimum absolute atomic E-state index is 0.0177. The summed E-state index contributed by atoms with van der Waals surface area (Å²) in [5, 5.41) is 8.82. The van der Waals surface area contributed by atoms with Gasteiger partial charge in [-0.25, -0.2) is 0 Å². The molecule has 1 heterocycles. The topological polar surface area (TPSA) is 12.5 Å². The summed E-state index contributed by atoms with van der Waals surface area (Å²) in [6.45, 7) is 7.19. The van der Waals surface area contributed by atoms with E-state index in [9.17, 15) is 0 Å². The molecule has 0 unspecified atom stereocenters. The second-order valence-corrected chi connectivity index (χ2v) is 22.3. The SMILES string of the molecule is C[Si](C)(C)c1ccc(N(c2ccc3c(c2)Oc2cccc4c(B(c5cccc6ccccc56)c5cccc6ccccc56)ccc-3c24)c2ccccc2-c2ccccc2)cc1. The number of rotatable bonds is 8. The van der Waals surface area contributed by atoms with Crippen molar-refractivity contribution in [2.24, 2.45) is 0 Å². The van der Waals surface area contributed by atoms with Crippen molar-refractivity contribution in [1.82, 2.24) is 0 Å². The maximum atomic E-state index is 7.06. The molecule has 0 saturated heterocycles. The van der Waals surface area contributed by atoms with Crippen LogP contribution in [0, 0.1) is 0 Å². The Morgan fingerprint density at radius 2 is 0.967 bits per heavy atom. The molecule has 61 heavy (non-hydrogen) atoms. The molecule has 4 heteroatoms. The third-order valence-corrected chi connectivity index (χ3v) is 14.6. The Labute approximate surface area is 359 Å². The molecule has 2 nitrogen and oxygen atoms in total. The average Bonchev–Trinajstić information content (AvgIpc) is 3.30. The predicted molar refractivity (Wildman–Crippen MR) is 265 cm³/mol. The molecule has 0 aromatic heterocycles. The fourth-order valence-corrected chi connectivity index (χ4v) is 10.8. The third kappa shape index (κ3) is 6.43. The summed E-state index contributed by atoms with van der Waals surface area (Å²) in [5.74, 6) is 1.73. The Hall–Kier alpha value is -7.14. The zero-order valence-corrected chi connectivity index (χ0v) is 35.6. The highest BCUT2D eigenvalue weighted by molar-refractivity contribution is 6.99. The first-order valence-electron chi connectivity index (χ1n) is 21.3. The Morgan fingerprint density at radius 1 is 0.410 bits per heavy atom. The van der Waals surface area contributed by atoms with Gasteiger partial charge in [0.2, 0.25) is 6.71 Å². The van der Waals surface area contributed by atoms with E-state index in [4.69, 9.17) is 4.74 Å². The Kier molecular flexibility index (Phi) is 8.98. The van der Waals surface area contributed by atoms with E-state index < -0.39 is 8.07 Å². The molecular weight excluding hydrogens is 754 g/mol. The van der Waals surface area contributed by atoms with Gasteiger partial charge in [0.05, 0.1) is 13.8 Å². The number of hydrogen-bond acceptors (Lipinski definition) is 2. The zero-order chi connectivity index (χ0) is 41.1. The van der Waals surface area contributed by atoms with Gasteiger partial charge in [0.1, 0.15) is 11.5 Å². The smallest absolute Gasteiger partial charge is 0.243 e. The van der Waals surface area contributed by atoms with Crippen LogP contribution in [0.25, 0.3) is 54.6 Å². The first kappa shape index (κ1) is 36.9. The van der Waals surface area contributed by atoms with Crippen molar-refractivity contribution < 1.29 is 4.74 Å². The van der Waals surface area contributed by atoms with E-state index in [-0.39, 0.29) is 6.71 Å². The molecule has 0 N–H and O–H groups in total. The lowest BCUT2D eigenvalue weighted by Crippen LogP contribution is -2.52. The standard InChI is InChI=1S/C57H44BNOSi/c1-61(2,3)44-33-30-42(31-34-44)59(54-28-12-11-24-47(54)41-16-5-4-6-17-41)43-32-35-48-49-36-37-53(50-25-15-29-55(57(49)50)60-56(48)38-43)58(51-26-13-20-39-18-7-9-22-45(39)51)52-27-14-21-40-19-8-10-23-46(40)52/h4-38H,1-3H3. The molecule has 0 fully saturated rings. The van der Waals surface area contributed by atoms with Crippen LogP contribution in [0.3, 0.4) is 0 Å². The van der Waals surface area contributed by atoms with Gasteiger partial charge in [0, 0.05) is 34.0 Å². The molecule has 0 bridgehead atoms. The highest BCUT2D eigenvalue weighted by atomic mass is 28.3. The summed E-state index contributed by atoms with van der Waals surface area (Å²) in [4.78, 5) is 2.39. The number of para-hydroxylation sites is 1. The third-order valence-electron chi connectivity index (χ3n) is 12.6. The van der Waals surface area contributed by atoms with Crippen LogP contribution in [-0.2, 0) is 0 Å². The molecule has 10 aromatic rings. The molecule has 0 atom stereocenters. The van der Waals surface area contributed by atoms with Gasteiger partial charge in [-0.05, 0) is 74.5 Å². The minimum Gasteiger partial charge on any atom is -0.456 e. The summed E-state index contributed by atoms with van der Waals surface area (Å²) in [5.41, 5.74) is 11.8. The van der Waals surface area contributed by atoms with Crippen molar-refractivity contribution >= 4 is 85.7 Å². The van der Waals surface area contributed by atoms with E-state index in [0.29, 0.717) is 0 Å². The average molecular weight is 798 g/mol. The maximum Gasteiger partial charge on any atom is 0.243 e. The van der Waals surface area contributed by atoms with Gasteiger partial charge in [-0.2, -0.15) is 0 Å². The number of anilines is 3. The van der Waals surface area contributed by atoms with Crippen molar-refractivity contribution in [3.63, 3.8) is 0 Å². The van der Waals surface area contributed by atoms with Crippen LogP contribution < -0.4 is 31.2 Å². The second-order valence-electron chi connectivity index (χ2n) is 17.2. The van der Waals surface area contributed by atoms with E-state index >= 15 is 0 Å². The molecular formula is C57H44BNOSi. The van der Waals surface area contributed by atoms with Crippen LogP contribution in [0.4, 0.5) is 17.1 Å². The highest BCUT2D eigenvalue weighted by Crippen LogP contribution is 2.49. The van der Waals surface area contributed by atoms with Crippen molar-refractivity contribution in [2.45, 2.75) is 19.6 Å². The normalized spacial score (nSPS) is 12.0. The minimum atomic E-state index is -1.50. The number of ether oxygens (including phenoxy) is 1. The van der Waals surface area contributed by atoms with Gasteiger partial charge >= 0.3 is 0 Å². The quantitative estimate of drug-likeness (QED) is 0.142. The molecule has 11 rings (SSSR count). The molecule has 0 amide bonds. The maximum absolute atomic E-state index is 7.06. The predicted octanol–water partition coefficient (Wildman–Crippen LogP) is 13.1. The molecule has 290 valence electrons. The fourth-order valence-electron chi connectivity index (χ4n) is 9.61. The van der Waals surface area contributed by atoms with Crippen LogP contribution in [0.5, 0.6) is 11.5 Å². The lowest BCUT2D eigenvalue weighted by atomic mass is 9.35. The Morgan fingerprint density at radius 3 is 1.67 bits per heavy atom. The Balaban J connectivity index is 1.09. The van der Waals surface area contributed by atoms with Gasteiger partial charge in [0.15, 0.2) is 0 Å². The van der Waals surface area contributed by atoms with E-state index in [1.807, 2.05) is 0 Å². The molecule has 1 aliphatic heterocycles. The fraction of sp³-hybridized carbons (Fsp3) is 0.0526. The van der Waals surface area contributed by atoms with Crippen molar-refractivity contribution in [2.75, 3.05) is 4.90 Å². The van der Waals surface area contributed by atoms with E-state index in [1.165, 1.54) is 65.2 Å². The van der Waals surface area contributed by atoms with Gasteiger partial charge in [-0.15, -0.1) is 0 Å². The number of fused-ring (bicyclic) bond motifs is 4. The first-order valence-corrected chi connectivity index (χ1v) is 24.8. The van der Waals surface area contributed by atoms with Crippen LogP contribution in [0.15, 0.2) is 212 Å². The van der Waals surface area contributed by atoms with Crippen LogP contribution in [0.2, 0.25) is 19.6 Å². The molecule has 1 aliphatic rings. The second kappa shape index (κ2) is 14.8. The molecule has 0 spiro atoms. The molecule has 10 aromatic carbocycles. The summed E-state index contributed by atoms with van der Waals surface area (Å²) in [6, 6.07) is 77.7. The van der Waals surface area contributed by atoms with Crippen molar-refractivity contribution in [1.29, 1.82) is 0 Å². The van der Waals surface area contributed by atoms with Crippen LogP contribution >= 0.6 is 0 Å². The highest BCUT2D eigenvalue weighted by Gasteiger charge is 2.31. The summed E-state index contributed by atoms with van der Waals surface area (Å²) >= 11 is 0. The number of hydrogen-bond donors (Lipinski definition) is 0. The Bertz CT molecular complexity index is 3190. The van der Waals surface area contributed by atoms with Crippen molar-refractivity contribution in [3.8, 4) is 33.8 Å². The monoisotopic (exact) mass is 797 g/mol. The summed E-state index contributed by atoms with van der Waals surface area (Å²) in [7, 11) is -1.50. The summed E-state index contributed by atoms with van der Waals surface area (Å²) in [6.07, 6.45) is 0. The van der Waals surface area contributed by atoms with E-state index in [1.54, 1.807) is 0 Å². The number of benzene rings is 10. The van der Waals surface area contributed by atoms with Gasteiger partial charge in [0.25, 0.3) is 0 Å². The summed E-state index contributed by atoms with van der Waals surface area (Å²) < 4.78 is 7.06.